The lowest BCUT2D eigenvalue weighted by Gasteiger charge is -2.25. The van der Waals surface area contributed by atoms with E-state index in [1.165, 1.54) is 4.90 Å². The number of benzene rings is 2. The highest BCUT2D eigenvalue weighted by Crippen LogP contribution is 2.42. The number of aromatic nitrogens is 1. The van der Waals surface area contributed by atoms with Crippen molar-refractivity contribution in [2.45, 2.75) is 33.2 Å². The number of aliphatic hydroxyl groups is 1. The number of carbonyl (C=O) groups excluding carboxylic acids is 3. The molecule has 2 heterocycles. The van der Waals surface area contributed by atoms with Gasteiger partial charge in [-0.2, -0.15) is 0 Å². The number of aryl methyl sites for hydroxylation is 2. The van der Waals surface area contributed by atoms with Crippen LogP contribution in [0.5, 0.6) is 0 Å². The van der Waals surface area contributed by atoms with Gasteiger partial charge in [-0.15, -0.1) is 0 Å². The predicted molar refractivity (Wildman–Crippen MR) is 132 cm³/mol. The Labute approximate surface area is 203 Å². The Balaban J connectivity index is 1.80. The zero-order valence-corrected chi connectivity index (χ0v) is 19.8. The van der Waals surface area contributed by atoms with E-state index in [0.29, 0.717) is 23.4 Å². The van der Waals surface area contributed by atoms with Gasteiger partial charge < -0.3 is 9.84 Å². The fourth-order valence-electron chi connectivity index (χ4n) is 4.15. The Bertz CT molecular complexity index is 1310. The van der Waals surface area contributed by atoms with Crippen LogP contribution in [-0.4, -0.2) is 34.4 Å². The molecular weight excluding hydrogens is 444 g/mol. The van der Waals surface area contributed by atoms with E-state index < -0.39 is 17.7 Å². The van der Waals surface area contributed by atoms with E-state index in [4.69, 9.17) is 4.74 Å². The molecule has 0 saturated carbocycles. The molecule has 0 aliphatic carbocycles. The Morgan fingerprint density at radius 2 is 1.80 bits per heavy atom. The minimum atomic E-state index is -0.860. The van der Waals surface area contributed by atoms with E-state index in [0.717, 1.165) is 16.7 Å². The van der Waals surface area contributed by atoms with Crippen molar-refractivity contribution in [1.29, 1.82) is 0 Å². The third kappa shape index (κ3) is 4.71. The van der Waals surface area contributed by atoms with Crippen molar-refractivity contribution >= 4 is 29.1 Å². The topological polar surface area (TPSA) is 96.8 Å². The number of pyridine rings is 1. The van der Waals surface area contributed by atoms with Crippen LogP contribution < -0.4 is 4.90 Å². The fourth-order valence-corrected chi connectivity index (χ4v) is 4.15. The summed E-state index contributed by atoms with van der Waals surface area (Å²) in [6.45, 7) is 5.92. The maximum Gasteiger partial charge on any atom is 0.310 e. The number of anilines is 1. The van der Waals surface area contributed by atoms with Gasteiger partial charge >= 0.3 is 5.97 Å². The lowest BCUT2D eigenvalue weighted by atomic mass is 9.95. The highest BCUT2D eigenvalue weighted by molar-refractivity contribution is 6.51. The second kappa shape index (κ2) is 9.93. The number of ketones is 1. The normalized spacial score (nSPS) is 17.0. The first kappa shape index (κ1) is 23.9. The van der Waals surface area contributed by atoms with Crippen LogP contribution in [0.4, 0.5) is 5.69 Å². The van der Waals surface area contributed by atoms with Crippen molar-refractivity contribution in [2.75, 3.05) is 11.5 Å². The molecule has 1 unspecified atom stereocenters. The molecule has 1 aliphatic heterocycles. The Hall–Kier alpha value is -4.26. The molecule has 1 atom stereocenters. The molecule has 0 bridgehead atoms. The van der Waals surface area contributed by atoms with E-state index >= 15 is 0 Å². The monoisotopic (exact) mass is 470 g/mol. The van der Waals surface area contributed by atoms with Crippen LogP contribution >= 0.6 is 0 Å². The van der Waals surface area contributed by atoms with Crippen LogP contribution in [0, 0.1) is 13.8 Å². The van der Waals surface area contributed by atoms with Crippen molar-refractivity contribution in [3.05, 3.63) is 100 Å². The van der Waals surface area contributed by atoms with Crippen LogP contribution in [0.3, 0.4) is 0 Å². The minimum Gasteiger partial charge on any atom is -0.507 e. The van der Waals surface area contributed by atoms with Gasteiger partial charge in [-0.05, 0) is 67.3 Å². The Kier molecular flexibility index (Phi) is 6.78. The van der Waals surface area contributed by atoms with Gasteiger partial charge in [-0.1, -0.05) is 30.3 Å². The predicted octanol–water partition coefficient (Wildman–Crippen LogP) is 4.43. The average Bonchev–Trinajstić information content (AvgIpc) is 3.12. The second-order valence-corrected chi connectivity index (χ2v) is 8.40. The van der Waals surface area contributed by atoms with Gasteiger partial charge in [0.05, 0.1) is 24.6 Å². The first-order valence-electron chi connectivity index (χ1n) is 11.3. The van der Waals surface area contributed by atoms with Crippen molar-refractivity contribution in [3.8, 4) is 0 Å². The summed E-state index contributed by atoms with van der Waals surface area (Å²) < 4.78 is 4.99. The maximum atomic E-state index is 13.2. The van der Waals surface area contributed by atoms with Crippen LogP contribution in [0.1, 0.15) is 40.8 Å². The smallest absolute Gasteiger partial charge is 0.310 e. The lowest BCUT2D eigenvalue weighted by molar-refractivity contribution is -0.142. The highest BCUT2D eigenvalue weighted by atomic mass is 16.5. The largest absolute Gasteiger partial charge is 0.507 e. The van der Waals surface area contributed by atoms with Gasteiger partial charge in [0.1, 0.15) is 5.76 Å². The molecule has 1 saturated heterocycles. The zero-order chi connectivity index (χ0) is 25.1. The molecule has 2 aromatic carbocycles. The molecule has 0 radical (unpaired) electrons. The summed E-state index contributed by atoms with van der Waals surface area (Å²) in [5, 5.41) is 11.2. The van der Waals surface area contributed by atoms with E-state index in [9.17, 15) is 19.5 Å². The molecule has 7 nitrogen and oxygen atoms in total. The van der Waals surface area contributed by atoms with Crippen molar-refractivity contribution in [3.63, 3.8) is 0 Å². The summed E-state index contributed by atoms with van der Waals surface area (Å²) in [6.07, 6.45) is 3.28. The van der Waals surface area contributed by atoms with Gasteiger partial charge in [0.25, 0.3) is 11.7 Å². The molecule has 3 aromatic rings. The molecule has 35 heavy (non-hydrogen) atoms. The molecule has 1 N–H and O–H groups in total. The van der Waals surface area contributed by atoms with Crippen LogP contribution in [0.2, 0.25) is 0 Å². The molecule has 178 valence electrons. The number of nitrogens with zero attached hydrogens (tertiary/aromatic N) is 2. The SMILES string of the molecule is CCOC(=O)Cc1ccc(N2C(=O)C(=O)/C(=C(\O)c3ccc(C)c(C)c3)C2c2cccnc2)cc1. The molecular formula is C28H26N2O5. The summed E-state index contributed by atoms with van der Waals surface area (Å²) in [7, 11) is 0. The van der Waals surface area contributed by atoms with Crippen LogP contribution in [0.25, 0.3) is 5.76 Å². The quantitative estimate of drug-likeness (QED) is 0.248. The highest BCUT2D eigenvalue weighted by Gasteiger charge is 2.47. The zero-order valence-electron chi connectivity index (χ0n) is 19.8. The molecule has 7 heteroatoms. The van der Waals surface area contributed by atoms with Gasteiger partial charge in [0.2, 0.25) is 0 Å². The Morgan fingerprint density at radius 1 is 1.06 bits per heavy atom. The molecule has 1 fully saturated rings. The first-order chi connectivity index (χ1) is 16.8. The fraction of sp³-hybridized carbons (Fsp3) is 0.214. The van der Waals surface area contributed by atoms with Gasteiger partial charge in [0, 0.05) is 23.6 Å². The van der Waals surface area contributed by atoms with Crippen LogP contribution in [0.15, 0.2) is 72.6 Å². The van der Waals surface area contributed by atoms with Gasteiger partial charge in [-0.3, -0.25) is 24.3 Å². The number of amides is 1. The number of hydrogen-bond acceptors (Lipinski definition) is 6. The van der Waals surface area contributed by atoms with E-state index in [2.05, 4.69) is 4.98 Å². The number of rotatable bonds is 6. The average molecular weight is 471 g/mol. The summed E-state index contributed by atoms with van der Waals surface area (Å²) in [4.78, 5) is 43.8. The Morgan fingerprint density at radius 3 is 2.43 bits per heavy atom. The molecule has 1 amide bonds. The number of Topliss-reactive ketones (excluding diaryl/α,β-unsaturated/α-hetero) is 1. The van der Waals surface area contributed by atoms with Crippen molar-refractivity contribution in [2.24, 2.45) is 0 Å². The maximum absolute atomic E-state index is 13.2. The van der Waals surface area contributed by atoms with Crippen molar-refractivity contribution in [1.82, 2.24) is 4.98 Å². The molecule has 1 aromatic heterocycles. The number of ether oxygens (including phenoxy) is 1. The summed E-state index contributed by atoms with van der Waals surface area (Å²) >= 11 is 0. The number of carbonyl (C=O) groups is 3. The molecule has 1 aliphatic rings. The van der Waals surface area contributed by atoms with Crippen LogP contribution in [-0.2, 0) is 25.5 Å². The minimum absolute atomic E-state index is 0.00172. The molecule has 0 spiro atoms. The second-order valence-electron chi connectivity index (χ2n) is 8.40. The van der Waals surface area contributed by atoms with E-state index in [-0.39, 0.29) is 23.7 Å². The van der Waals surface area contributed by atoms with Gasteiger partial charge in [-0.25, -0.2) is 0 Å². The summed E-state index contributed by atoms with van der Waals surface area (Å²) in [5.41, 5.74) is 4.25. The molecule has 4 rings (SSSR count). The third-order valence-corrected chi connectivity index (χ3v) is 6.09. The third-order valence-electron chi connectivity index (χ3n) is 6.09. The summed E-state index contributed by atoms with van der Waals surface area (Å²) in [5.74, 6) is -2.10. The van der Waals surface area contributed by atoms with Crippen molar-refractivity contribution < 1.29 is 24.2 Å². The van der Waals surface area contributed by atoms with Gasteiger partial charge in [0.15, 0.2) is 0 Å². The number of esters is 1. The number of hydrogen-bond donors (Lipinski definition) is 1. The van der Waals surface area contributed by atoms with E-state index in [1.54, 1.807) is 67.8 Å². The standard InChI is InChI=1S/C28H26N2O5/c1-4-35-23(31)15-19-8-11-22(12-9-19)30-25(21-6-5-13-29-16-21)24(27(33)28(30)34)26(32)20-10-7-17(2)18(3)14-20/h5-14,16,25,32H,4,15H2,1-3H3/b26-24-. The lowest BCUT2D eigenvalue weighted by Crippen LogP contribution is -2.29. The number of aliphatic hydroxyl groups excluding tert-OH is 1. The summed E-state index contributed by atoms with van der Waals surface area (Å²) in [6, 6.07) is 14.8. The first-order valence-corrected chi connectivity index (χ1v) is 11.3. The van der Waals surface area contributed by atoms with E-state index in [1.807, 2.05) is 19.9 Å².